The zero-order chi connectivity index (χ0) is 18.2. The molecule has 1 aromatic rings. The van der Waals surface area contributed by atoms with E-state index >= 15 is 0 Å². The van der Waals surface area contributed by atoms with Gasteiger partial charge in [0.2, 0.25) is 0 Å². The molecule has 0 fully saturated rings. The van der Waals surface area contributed by atoms with Gasteiger partial charge in [0.05, 0.1) is 10.7 Å². The molecule has 0 aliphatic heterocycles. The van der Waals surface area contributed by atoms with Crippen LogP contribution < -0.4 is 5.73 Å². The van der Waals surface area contributed by atoms with Gasteiger partial charge in [-0.15, -0.1) is 0 Å². The molecule has 0 heterocycles. The van der Waals surface area contributed by atoms with E-state index in [2.05, 4.69) is 20.8 Å². The molecule has 23 heavy (non-hydrogen) atoms. The first kappa shape index (κ1) is 21.8. The number of benzene rings is 1. The Morgan fingerprint density at radius 1 is 1.35 bits per heavy atom. The Morgan fingerprint density at radius 3 is 2.30 bits per heavy atom. The number of halogens is 1. The van der Waals surface area contributed by atoms with Gasteiger partial charge in [-0.05, 0) is 69.7 Å². The Hall–Kier alpha value is -1.22. The lowest BCUT2D eigenvalue weighted by molar-refractivity contribution is -0.151. The number of hydrogen-bond acceptors (Lipinski definition) is 3. The summed E-state index contributed by atoms with van der Waals surface area (Å²) in [6.07, 6.45) is 3.56. The molecule has 0 bridgehead atoms. The van der Waals surface area contributed by atoms with Gasteiger partial charge in [-0.1, -0.05) is 31.9 Å². The van der Waals surface area contributed by atoms with Crippen LogP contribution in [0.2, 0.25) is 5.02 Å². The highest BCUT2D eigenvalue weighted by atomic mass is 35.5. The zero-order valence-electron chi connectivity index (χ0n) is 15.6. The number of rotatable bonds is 4. The number of aryl methyl sites for hydroxylation is 2. The minimum absolute atomic E-state index is 0.225. The van der Waals surface area contributed by atoms with Crippen LogP contribution in [0.4, 0.5) is 5.69 Å². The smallest absolute Gasteiger partial charge is 0.303 e. The van der Waals surface area contributed by atoms with Crippen LogP contribution in [-0.4, -0.2) is 11.6 Å². The van der Waals surface area contributed by atoms with Crippen LogP contribution in [0.15, 0.2) is 12.1 Å². The van der Waals surface area contributed by atoms with Crippen molar-refractivity contribution in [2.24, 2.45) is 5.92 Å². The van der Waals surface area contributed by atoms with Crippen molar-refractivity contribution >= 4 is 23.3 Å². The molecule has 0 amide bonds. The fourth-order valence-electron chi connectivity index (χ4n) is 2.04. The molecule has 0 spiro atoms. The molecule has 0 saturated carbocycles. The highest BCUT2D eigenvalue weighted by Crippen LogP contribution is 2.25. The second-order valence-corrected chi connectivity index (χ2v) is 7.47. The third-order valence-electron chi connectivity index (χ3n) is 3.51. The first-order valence-electron chi connectivity index (χ1n) is 8.20. The van der Waals surface area contributed by atoms with Gasteiger partial charge in [-0.3, -0.25) is 4.79 Å². The summed E-state index contributed by atoms with van der Waals surface area (Å²) in [7, 11) is 0. The Morgan fingerprint density at radius 2 is 1.91 bits per heavy atom. The molecule has 1 aromatic carbocycles. The molecule has 0 radical (unpaired) electrons. The number of anilines is 1. The number of nitrogens with two attached hydrogens (primary N) is 1. The molecule has 4 heteroatoms. The summed E-state index contributed by atoms with van der Waals surface area (Å²) < 4.78 is 4.80. The van der Waals surface area contributed by atoms with E-state index in [1.807, 2.05) is 32.9 Å². The number of carbonyl (C=O) groups excluding carboxylic acids is 1. The molecule has 0 aliphatic carbocycles. The van der Waals surface area contributed by atoms with E-state index in [-0.39, 0.29) is 11.6 Å². The number of ether oxygens (including phenoxy) is 1. The van der Waals surface area contributed by atoms with Crippen molar-refractivity contribution in [1.82, 2.24) is 0 Å². The molecule has 1 unspecified atom stereocenters. The number of nitrogen functional groups attached to an aromatic ring is 1. The molecule has 0 aromatic heterocycles. The normalized spacial score (nSPS) is 12.2. The average molecular weight is 342 g/mol. The Balaban J connectivity index is 0.000000515. The molecule has 1 rings (SSSR count). The van der Waals surface area contributed by atoms with Crippen LogP contribution in [0.5, 0.6) is 0 Å². The van der Waals surface area contributed by atoms with Crippen LogP contribution in [0, 0.1) is 12.8 Å². The van der Waals surface area contributed by atoms with Crippen LogP contribution in [0.3, 0.4) is 0 Å². The van der Waals surface area contributed by atoms with Crippen LogP contribution in [0.25, 0.3) is 0 Å². The van der Waals surface area contributed by atoms with Gasteiger partial charge in [0, 0.05) is 6.92 Å². The van der Waals surface area contributed by atoms with Gasteiger partial charge < -0.3 is 10.5 Å². The predicted molar refractivity (Wildman–Crippen MR) is 99.9 cm³/mol. The number of esters is 1. The summed E-state index contributed by atoms with van der Waals surface area (Å²) in [6, 6.07) is 3.98. The lowest BCUT2D eigenvalue weighted by Gasteiger charge is -2.17. The summed E-state index contributed by atoms with van der Waals surface area (Å²) in [6.45, 7) is 13.5. The summed E-state index contributed by atoms with van der Waals surface area (Å²) in [5.41, 5.74) is 8.74. The maximum atomic E-state index is 10.2. The lowest BCUT2D eigenvalue weighted by atomic mass is 9.96. The molecule has 2 N–H and O–H groups in total. The van der Waals surface area contributed by atoms with Crippen LogP contribution in [0.1, 0.15) is 65.5 Å². The van der Waals surface area contributed by atoms with Gasteiger partial charge in [0.25, 0.3) is 0 Å². The SMILES string of the molecule is CC(=O)OC(C)(C)C.CCC(C)CCc1cc(N)c(Cl)cc1C. The summed E-state index contributed by atoms with van der Waals surface area (Å²) >= 11 is 5.95. The second-order valence-electron chi connectivity index (χ2n) is 7.06. The van der Waals surface area contributed by atoms with Crippen LogP contribution in [-0.2, 0) is 16.0 Å². The largest absolute Gasteiger partial charge is 0.460 e. The van der Waals surface area contributed by atoms with E-state index in [9.17, 15) is 4.79 Å². The summed E-state index contributed by atoms with van der Waals surface area (Å²) in [5, 5.41) is 0.666. The van der Waals surface area contributed by atoms with Crippen molar-refractivity contribution in [2.45, 2.75) is 73.3 Å². The van der Waals surface area contributed by atoms with E-state index in [4.69, 9.17) is 22.1 Å². The maximum absolute atomic E-state index is 10.2. The molecular weight excluding hydrogens is 310 g/mol. The first-order chi connectivity index (χ1) is 10.5. The fourth-order valence-corrected chi connectivity index (χ4v) is 2.26. The molecule has 0 aliphatic rings. The molecular formula is C19H32ClNO2. The van der Waals surface area contributed by atoms with E-state index in [0.717, 1.165) is 12.3 Å². The topological polar surface area (TPSA) is 52.3 Å². The Labute approximate surface area is 146 Å². The third-order valence-corrected chi connectivity index (χ3v) is 3.84. The highest BCUT2D eigenvalue weighted by Gasteiger charge is 2.11. The fraction of sp³-hybridized carbons (Fsp3) is 0.632. The average Bonchev–Trinajstić information content (AvgIpc) is 2.38. The quantitative estimate of drug-likeness (QED) is 0.576. The minimum atomic E-state index is -0.328. The van der Waals surface area contributed by atoms with Crippen molar-refractivity contribution in [3.8, 4) is 0 Å². The molecule has 132 valence electrons. The Bertz CT molecular complexity index is 507. The monoisotopic (exact) mass is 341 g/mol. The van der Waals surface area contributed by atoms with E-state index in [1.165, 1.54) is 30.9 Å². The van der Waals surface area contributed by atoms with Gasteiger partial charge in [-0.25, -0.2) is 0 Å². The number of hydrogen-bond donors (Lipinski definition) is 1. The second kappa shape index (κ2) is 9.82. The maximum Gasteiger partial charge on any atom is 0.303 e. The lowest BCUT2D eigenvalue weighted by Crippen LogP contribution is -2.21. The highest BCUT2D eigenvalue weighted by molar-refractivity contribution is 6.33. The number of carbonyl (C=O) groups is 1. The van der Waals surface area contributed by atoms with Crippen LogP contribution >= 0.6 is 11.6 Å². The molecule has 0 saturated heterocycles. The van der Waals surface area contributed by atoms with Gasteiger partial charge in [0.15, 0.2) is 0 Å². The van der Waals surface area contributed by atoms with Crippen molar-refractivity contribution in [3.05, 3.63) is 28.3 Å². The van der Waals surface area contributed by atoms with Gasteiger partial charge in [0.1, 0.15) is 5.60 Å². The summed E-state index contributed by atoms with van der Waals surface area (Å²) in [4.78, 5) is 10.2. The van der Waals surface area contributed by atoms with Gasteiger partial charge >= 0.3 is 5.97 Å². The van der Waals surface area contributed by atoms with Crippen molar-refractivity contribution < 1.29 is 9.53 Å². The van der Waals surface area contributed by atoms with E-state index < -0.39 is 0 Å². The first-order valence-corrected chi connectivity index (χ1v) is 8.58. The van der Waals surface area contributed by atoms with E-state index in [1.54, 1.807) is 0 Å². The predicted octanol–water partition coefficient (Wildman–Crippen LogP) is 5.56. The minimum Gasteiger partial charge on any atom is -0.460 e. The Kier molecular flexibility index (Phi) is 9.29. The third kappa shape index (κ3) is 10.2. The summed E-state index contributed by atoms with van der Waals surface area (Å²) in [5.74, 6) is 0.554. The van der Waals surface area contributed by atoms with Crippen molar-refractivity contribution in [3.63, 3.8) is 0 Å². The molecule has 3 nitrogen and oxygen atoms in total. The van der Waals surface area contributed by atoms with Gasteiger partial charge in [-0.2, -0.15) is 0 Å². The molecule has 1 atom stereocenters. The zero-order valence-corrected chi connectivity index (χ0v) is 16.4. The van der Waals surface area contributed by atoms with Crippen molar-refractivity contribution in [2.75, 3.05) is 5.73 Å². The van der Waals surface area contributed by atoms with E-state index in [0.29, 0.717) is 10.7 Å². The van der Waals surface area contributed by atoms with Crippen molar-refractivity contribution in [1.29, 1.82) is 0 Å². The standard InChI is InChI=1S/C13H20ClN.C6H12O2/c1-4-9(2)5-6-11-8-13(15)12(14)7-10(11)3;1-5(7)8-6(2,3)4/h7-9H,4-6,15H2,1-3H3;1-4H3.